The summed E-state index contributed by atoms with van der Waals surface area (Å²) in [5, 5.41) is 26.7. The number of allylic oxidation sites excluding steroid dienone is 2. The van der Waals surface area contributed by atoms with E-state index < -0.39 is 36.2 Å². The molecule has 0 saturated heterocycles. The Morgan fingerprint density at radius 1 is 1.27 bits per heavy atom. The lowest BCUT2D eigenvalue weighted by Gasteiger charge is -2.18. The number of phenols is 1. The van der Waals surface area contributed by atoms with E-state index in [4.69, 9.17) is 9.47 Å². The molecule has 3 unspecified atom stereocenters. The number of ether oxygens (including phenoxy) is 2. The van der Waals surface area contributed by atoms with Crippen molar-refractivity contribution in [3.8, 4) is 5.75 Å². The van der Waals surface area contributed by atoms with E-state index >= 15 is 0 Å². The first kappa shape index (κ1) is 29.1. The van der Waals surface area contributed by atoms with Crippen molar-refractivity contribution in [3.63, 3.8) is 0 Å². The van der Waals surface area contributed by atoms with Crippen LogP contribution in [0.25, 0.3) is 0 Å². The standard InChI is InChI=1S/C27H32N2O8/c1-18-11-13-20-7-4-9-23(31)26(20)27(34)37-21(17-25(33)36-19(2)12-14-22(18)30)8-5-15-28-24(32)10-6-16-29-35-3/h4-7,9-12,14-16,19,21-22,30-31H,8,13,17H2,1-3H3,(H,28,32)/b10-6-,14-12+,15-5+,18-11?,29-16-. The summed E-state index contributed by atoms with van der Waals surface area (Å²) in [6.07, 6.45) is 9.26. The molecule has 198 valence electrons. The highest BCUT2D eigenvalue weighted by Crippen LogP contribution is 2.25. The lowest BCUT2D eigenvalue weighted by Crippen LogP contribution is -2.25. The number of amides is 1. The molecule has 1 aromatic rings. The number of rotatable bonds is 6. The van der Waals surface area contributed by atoms with Crippen molar-refractivity contribution in [2.24, 2.45) is 5.16 Å². The Hall–Kier alpha value is -4.18. The Labute approximate surface area is 215 Å². The molecule has 0 aliphatic carbocycles. The maximum atomic E-state index is 13.1. The summed E-state index contributed by atoms with van der Waals surface area (Å²) in [6.45, 7) is 3.38. The first-order chi connectivity index (χ1) is 17.7. The van der Waals surface area contributed by atoms with Gasteiger partial charge in [0.2, 0.25) is 5.91 Å². The van der Waals surface area contributed by atoms with Crippen LogP contribution in [0.1, 0.15) is 42.6 Å². The summed E-state index contributed by atoms with van der Waals surface area (Å²) in [4.78, 5) is 41.9. The van der Waals surface area contributed by atoms with Gasteiger partial charge in [-0.3, -0.25) is 9.59 Å². The zero-order valence-corrected chi connectivity index (χ0v) is 21.0. The number of carbonyl (C=O) groups is 3. The highest BCUT2D eigenvalue weighted by molar-refractivity contribution is 5.94. The molecule has 0 aromatic heterocycles. The third kappa shape index (κ3) is 10.1. The number of carbonyl (C=O) groups excluding carboxylic acids is 3. The number of cyclic esters (lactones) is 2. The molecule has 2 rings (SSSR count). The van der Waals surface area contributed by atoms with Crippen molar-refractivity contribution in [1.82, 2.24) is 5.32 Å². The minimum atomic E-state index is -0.936. The monoisotopic (exact) mass is 512 g/mol. The number of oxime groups is 1. The molecular formula is C27H32N2O8. The molecule has 1 heterocycles. The molecule has 10 nitrogen and oxygen atoms in total. The number of phenolic OH excluding ortho intramolecular Hbond substituents is 1. The second-order valence-corrected chi connectivity index (χ2v) is 8.16. The van der Waals surface area contributed by atoms with E-state index in [9.17, 15) is 24.6 Å². The van der Waals surface area contributed by atoms with E-state index in [0.29, 0.717) is 11.1 Å². The Balaban J connectivity index is 2.25. The quantitative estimate of drug-likeness (QED) is 0.174. The fraction of sp³-hybridized carbons (Fsp3) is 0.333. The first-order valence-electron chi connectivity index (χ1n) is 11.6. The lowest BCUT2D eigenvalue weighted by molar-refractivity contribution is -0.148. The van der Waals surface area contributed by atoms with Gasteiger partial charge in [0.15, 0.2) is 0 Å². The minimum Gasteiger partial charge on any atom is -0.507 e. The number of aliphatic hydroxyl groups excluding tert-OH is 1. The predicted octanol–water partition coefficient (Wildman–Crippen LogP) is 2.87. The predicted molar refractivity (Wildman–Crippen MR) is 137 cm³/mol. The van der Waals surface area contributed by atoms with Crippen LogP contribution >= 0.6 is 0 Å². The van der Waals surface area contributed by atoms with Crippen LogP contribution in [0, 0.1) is 0 Å². The highest BCUT2D eigenvalue weighted by Gasteiger charge is 2.24. The molecule has 1 aliphatic rings. The van der Waals surface area contributed by atoms with E-state index in [1.54, 1.807) is 38.1 Å². The van der Waals surface area contributed by atoms with Crippen LogP contribution in [-0.2, 0) is 30.3 Å². The van der Waals surface area contributed by atoms with Crippen molar-refractivity contribution >= 4 is 24.1 Å². The van der Waals surface area contributed by atoms with Crippen LogP contribution < -0.4 is 5.32 Å². The van der Waals surface area contributed by atoms with Gasteiger partial charge >= 0.3 is 11.9 Å². The number of benzene rings is 1. The Morgan fingerprint density at radius 2 is 2.05 bits per heavy atom. The number of nitrogens with one attached hydrogen (secondary N) is 1. The third-order valence-corrected chi connectivity index (χ3v) is 5.24. The topological polar surface area (TPSA) is 144 Å². The summed E-state index contributed by atoms with van der Waals surface area (Å²) >= 11 is 0. The highest BCUT2D eigenvalue weighted by atomic mass is 16.6. The lowest BCUT2D eigenvalue weighted by atomic mass is 10.0. The molecule has 0 spiro atoms. The van der Waals surface area contributed by atoms with E-state index in [-0.39, 0.29) is 30.6 Å². The summed E-state index contributed by atoms with van der Waals surface area (Å²) in [6, 6.07) is 4.65. The third-order valence-electron chi connectivity index (χ3n) is 5.24. The molecule has 0 fully saturated rings. The molecule has 0 saturated carbocycles. The molecule has 1 amide bonds. The maximum absolute atomic E-state index is 13.1. The normalized spacial score (nSPS) is 22.5. The Kier molecular flexibility index (Phi) is 11.8. The number of aliphatic hydroxyl groups is 1. The van der Waals surface area contributed by atoms with Crippen LogP contribution in [0.3, 0.4) is 0 Å². The number of esters is 2. The average molecular weight is 513 g/mol. The molecule has 3 atom stereocenters. The fourth-order valence-corrected chi connectivity index (χ4v) is 3.30. The van der Waals surface area contributed by atoms with Crippen LogP contribution in [0.15, 0.2) is 71.6 Å². The number of hydrogen-bond acceptors (Lipinski definition) is 9. The Bertz CT molecular complexity index is 1100. The van der Waals surface area contributed by atoms with Crippen molar-refractivity contribution in [2.45, 2.75) is 51.4 Å². The van der Waals surface area contributed by atoms with E-state index in [2.05, 4.69) is 15.3 Å². The first-order valence-corrected chi connectivity index (χ1v) is 11.6. The minimum absolute atomic E-state index is 0.0293. The molecule has 0 bridgehead atoms. The van der Waals surface area contributed by atoms with Gasteiger partial charge < -0.3 is 29.8 Å². The second-order valence-electron chi connectivity index (χ2n) is 8.16. The molecule has 37 heavy (non-hydrogen) atoms. The van der Waals surface area contributed by atoms with Crippen LogP contribution in [0.2, 0.25) is 0 Å². The van der Waals surface area contributed by atoms with E-state index in [1.807, 2.05) is 0 Å². The van der Waals surface area contributed by atoms with Gasteiger partial charge in [0, 0.05) is 18.7 Å². The number of hydrogen-bond donors (Lipinski definition) is 3. The Morgan fingerprint density at radius 3 is 2.81 bits per heavy atom. The van der Waals surface area contributed by atoms with Crippen LogP contribution in [0.4, 0.5) is 0 Å². The molecule has 1 aromatic carbocycles. The van der Waals surface area contributed by atoms with Gasteiger partial charge in [-0.15, -0.1) is 0 Å². The van der Waals surface area contributed by atoms with Gasteiger partial charge in [0.05, 0.1) is 18.7 Å². The molecule has 0 radical (unpaired) electrons. The van der Waals surface area contributed by atoms with Gasteiger partial charge in [-0.25, -0.2) is 4.79 Å². The SMILES string of the molecule is CO/N=C\C=C/C(=O)N/C=C/CC1CC(=O)OC(C)/C=C/C(O)C(C)=CCc2cccc(O)c2C(=O)O1. The number of aromatic hydroxyl groups is 1. The summed E-state index contributed by atoms with van der Waals surface area (Å²) in [5.41, 5.74) is 1.09. The van der Waals surface area contributed by atoms with Gasteiger partial charge in [0.1, 0.15) is 30.6 Å². The zero-order chi connectivity index (χ0) is 27.2. The summed E-state index contributed by atoms with van der Waals surface area (Å²) in [5.74, 6) is -2.12. The second kappa shape index (κ2) is 15.0. The van der Waals surface area contributed by atoms with E-state index in [1.165, 1.54) is 49.9 Å². The van der Waals surface area contributed by atoms with Crippen LogP contribution in [0.5, 0.6) is 5.75 Å². The van der Waals surface area contributed by atoms with Crippen molar-refractivity contribution < 1.29 is 38.9 Å². The number of fused-ring (bicyclic) bond motifs is 1. The summed E-state index contributed by atoms with van der Waals surface area (Å²) in [7, 11) is 1.38. The van der Waals surface area contributed by atoms with Crippen molar-refractivity contribution in [3.05, 3.63) is 77.6 Å². The molecule has 10 heteroatoms. The molecular weight excluding hydrogens is 480 g/mol. The molecule has 1 aliphatic heterocycles. The van der Waals surface area contributed by atoms with Gasteiger partial charge in [-0.1, -0.05) is 35.5 Å². The largest absolute Gasteiger partial charge is 0.507 e. The summed E-state index contributed by atoms with van der Waals surface area (Å²) < 4.78 is 10.9. The number of nitrogens with zero attached hydrogens (tertiary/aromatic N) is 1. The zero-order valence-electron chi connectivity index (χ0n) is 21.0. The van der Waals surface area contributed by atoms with Gasteiger partial charge in [-0.2, -0.15) is 0 Å². The van der Waals surface area contributed by atoms with Crippen molar-refractivity contribution in [1.29, 1.82) is 0 Å². The average Bonchev–Trinajstić information content (AvgIpc) is 2.85. The van der Waals surface area contributed by atoms with Crippen LogP contribution in [-0.4, -0.2) is 59.7 Å². The fourth-order valence-electron chi connectivity index (χ4n) is 3.30. The van der Waals surface area contributed by atoms with Crippen molar-refractivity contribution in [2.75, 3.05) is 7.11 Å². The van der Waals surface area contributed by atoms with E-state index in [0.717, 1.165) is 0 Å². The van der Waals surface area contributed by atoms with Gasteiger partial charge in [0.25, 0.3) is 0 Å². The van der Waals surface area contributed by atoms with Gasteiger partial charge in [-0.05, 0) is 49.6 Å². The smallest absolute Gasteiger partial charge is 0.342 e. The maximum Gasteiger partial charge on any atom is 0.342 e. The molecule has 3 N–H and O–H groups in total.